The van der Waals surface area contributed by atoms with Gasteiger partial charge in [-0.2, -0.15) is 4.57 Å². The summed E-state index contributed by atoms with van der Waals surface area (Å²) < 4.78 is 1.70. The molecule has 4 heteroatoms. The lowest BCUT2D eigenvalue weighted by molar-refractivity contribution is -0.691. The van der Waals surface area contributed by atoms with Crippen LogP contribution in [0.3, 0.4) is 0 Å². The van der Waals surface area contributed by atoms with Gasteiger partial charge in [0.1, 0.15) is 6.54 Å². The van der Waals surface area contributed by atoms with Crippen LogP contribution in [0.2, 0.25) is 0 Å². The molecule has 0 aliphatic heterocycles. The van der Waals surface area contributed by atoms with Crippen molar-refractivity contribution in [3.05, 3.63) is 16.6 Å². The Morgan fingerprint density at radius 2 is 2.60 bits per heavy atom. The molecule has 0 radical (unpaired) electrons. The first kappa shape index (κ1) is 7.21. The third kappa shape index (κ3) is 1.16. The fourth-order valence-corrected chi connectivity index (χ4v) is 1.49. The number of nitrogens with zero attached hydrogens (tertiary/aromatic N) is 1. The molecule has 0 amide bonds. The Kier molecular flexibility index (Phi) is 2.01. The average molecular weight is 158 g/mol. The van der Waals surface area contributed by atoms with E-state index in [0.717, 1.165) is 0 Å². The normalized spacial score (nSPS) is 9.70. The van der Waals surface area contributed by atoms with Gasteiger partial charge in [-0.05, 0) is 6.92 Å². The lowest BCUT2D eigenvalue weighted by atomic mass is 10.6. The molecule has 0 aromatic carbocycles. The molecular formula is C6H8NO2S+. The van der Waals surface area contributed by atoms with Crippen LogP contribution in [0.15, 0.2) is 11.6 Å². The first-order valence-corrected chi connectivity index (χ1v) is 3.84. The highest BCUT2D eigenvalue weighted by Gasteiger charge is 2.17. The summed E-state index contributed by atoms with van der Waals surface area (Å²) in [5.41, 5.74) is 0. The maximum absolute atomic E-state index is 10.4. The van der Waals surface area contributed by atoms with Gasteiger partial charge in [0.25, 0.3) is 0 Å². The van der Waals surface area contributed by atoms with Crippen molar-refractivity contribution < 1.29 is 14.5 Å². The number of aromatic nitrogens is 1. The number of aromatic carboxylic acids is 1. The standard InChI is InChI=1S/C6H7NO2S/c1-2-7-3-4-10-5(7)6(8)9/h3-4H,2H2,1H3/p+1. The molecule has 1 heterocycles. The SMILES string of the molecule is CC[n+]1ccsc1C(=O)O. The summed E-state index contributed by atoms with van der Waals surface area (Å²) in [4.78, 5) is 10.4. The van der Waals surface area contributed by atoms with Crippen molar-refractivity contribution >= 4 is 17.3 Å². The molecule has 54 valence electrons. The number of thiazole rings is 1. The summed E-state index contributed by atoms with van der Waals surface area (Å²) in [6.07, 6.45) is 1.77. The van der Waals surface area contributed by atoms with Gasteiger partial charge >= 0.3 is 11.0 Å². The Morgan fingerprint density at radius 3 is 3.00 bits per heavy atom. The van der Waals surface area contributed by atoms with Crippen molar-refractivity contribution in [3.63, 3.8) is 0 Å². The summed E-state index contributed by atoms with van der Waals surface area (Å²) in [6.45, 7) is 2.63. The fourth-order valence-electron chi connectivity index (χ4n) is 0.726. The minimum atomic E-state index is -0.850. The van der Waals surface area contributed by atoms with Crippen LogP contribution >= 0.6 is 11.3 Å². The second-order valence-corrected chi connectivity index (χ2v) is 2.69. The largest absolute Gasteiger partial charge is 0.473 e. The molecular weight excluding hydrogens is 150 g/mol. The van der Waals surface area contributed by atoms with Crippen LogP contribution in [0.1, 0.15) is 16.7 Å². The molecule has 0 saturated carbocycles. The Labute approximate surface area is 62.6 Å². The zero-order chi connectivity index (χ0) is 7.56. The Bertz CT molecular complexity index is 244. The minimum absolute atomic E-state index is 0.391. The smallest absolute Gasteiger partial charge is 0.412 e. The number of carboxylic acids is 1. The van der Waals surface area contributed by atoms with Crippen LogP contribution in [0.5, 0.6) is 0 Å². The van der Waals surface area contributed by atoms with E-state index in [-0.39, 0.29) is 0 Å². The number of carboxylic acid groups (broad SMARTS) is 1. The van der Waals surface area contributed by atoms with E-state index >= 15 is 0 Å². The van der Waals surface area contributed by atoms with E-state index in [9.17, 15) is 4.79 Å². The van der Waals surface area contributed by atoms with Gasteiger partial charge in [-0.25, -0.2) is 4.79 Å². The summed E-state index contributed by atoms with van der Waals surface area (Å²) in [5, 5.41) is 10.7. The first-order chi connectivity index (χ1) is 4.75. The van der Waals surface area contributed by atoms with Crippen molar-refractivity contribution in [1.82, 2.24) is 0 Å². The molecule has 0 aliphatic carbocycles. The zero-order valence-electron chi connectivity index (χ0n) is 5.57. The molecule has 3 nitrogen and oxygen atoms in total. The lowest BCUT2D eigenvalue weighted by Gasteiger charge is -1.85. The van der Waals surface area contributed by atoms with Gasteiger partial charge in [-0.1, -0.05) is 11.3 Å². The molecule has 1 rings (SSSR count). The van der Waals surface area contributed by atoms with Crippen molar-refractivity contribution in [2.24, 2.45) is 0 Å². The molecule has 0 fully saturated rings. The second-order valence-electron chi connectivity index (χ2n) is 1.80. The van der Waals surface area contributed by atoms with E-state index in [4.69, 9.17) is 5.11 Å². The monoisotopic (exact) mass is 158 g/mol. The first-order valence-electron chi connectivity index (χ1n) is 2.96. The minimum Gasteiger partial charge on any atom is -0.473 e. The molecule has 10 heavy (non-hydrogen) atoms. The third-order valence-electron chi connectivity index (χ3n) is 1.20. The van der Waals surface area contributed by atoms with Crippen LogP contribution < -0.4 is 4.57 Å². The maximum atomic E-state index is 10.4. The van der Waals surface area contributed by atoms with Gasteiger partial charge in [0.05, 0.1) is 5.38 Å². The van der Waals surface area contributed by atoms with E-state index < -0.39 is 5.97 Å². The number of rotatable bonds is 2. The van der Waals surface area contributed by atoms with Gasteiger partial charge in [0, 0.05) is 0 Å². The second kappa shape index (κ2) is 2.79. The van der Waals surface area contributed by atoms with Gasteiger partial charge in [0.2, 0.25) is 0 Å². The van der Waals surface area contributed by atoms with Crippen LogP contribution in [0.4, 0.5) is 0 Å². The topological polar surface area (TPSA) is 41.2 Å². The van der Waals surface area contributed by atoms with E-state index in [1.807, 2.05) is 6.92 Å². The molecule has 1 aromatic rings. The zero-order valence-corrected chi connectivity index (χ0v) is 6.39. The van der Waals surface area contributed by atoms with E-state index in [2.05, 4.69) is 0 Å². The van der Waals surface area contributed by atoms with Gasteiger partial charge in [-0.15, -0.1) is 0 Å². The van der Waals surface area contributed by atoms with Gasteiger partial charge in [0.15, 0.2) is 6.20 Å². The molecule has 1 aromatic heterocycles. The highest BCUT2D eigenvalue weighted by atomic mass is 32.1. The summed E-state index contributed by atoms with van der Waals surface area (Å²) >= 11 is 1.25. The van der Waals surface area contributed by atoms with Gasteiger partial charge in [-0.3, -0.25) is 0 Å². The summed E-state index contributed by atoms with van der Waals surface area (Å²) in [5.74, 6) is -0.850. The highest BCUT2D eigenvalue weighted by molar-refractivity contribution is 7.11. The quantitative estimate of drug-likeness (QED) is 0.645. The lowest BCUT2D eigenvalue weighted by Crippen LogP contribution is -2.35. The van der Waals surface area contributed by atoms with Crippen molar-refractivity contribution in [3.8, 4) is 0 Å². The van der Waals surface area contributed by atoms with E-state index in [1.54, 1.807) is 16.1 Å². The predicted molar refractivity (Wildman–Crippen MR) is 37.1 cm³/mol. The molecule has 0 unspecified atom stereocenters. The van der Waals surface area contributed by atoms with Crippen molar-refractivity contribution in [2.45, 2.75) is 13.5 Å². The highest BCUT2D eigenvalue weighted by Crippen LogP contribution is 2.00. The number of carbonyl (C=O) groups is 1. The number of aryl methyl sites for hydroxylation is 1. The molecule has 0 atom stereocenters. The van der Waals surface area contributed by atoms with Crippen LogP contribution in [0.25, 0.3) is 0 Å². The maximum Gasteiger partial charge on any atom is 0.412 e. The van der Waals surface area contributed by atoms with E-state index in [0.29, 0.717) is 11.6 Å². The third-order valence-corrected chi connectivity index (χ3v) is 2.10. The van der Waals surface area contributed by atoms with Crippen molar-refractivity contribution in [2.75, 3.05) is 0 Å². The van der Waals surface area contributed by atoms with Crippen LogP contribution in [-0.2, 0) is 6.54 Å². The van der Waals surface area contributed by atoms with E-state index in [1.165, 1.54) is 11.3 Å². The molecule has 0 saturated heterocycles. The molecule has 0 bridgehead atoms. The van der Waals surface area contributed by atoms with Crippen molar-refractivity contribution in [1.29, 1.82) is 0 Å². The predicted octanol–water partition coefficient (Wildman–Crippen LogP) is 0.754. The molecule has 0 spiro atoms. The van der Waals surface area contributed by atoms with Crippen LogP contribution in [0, 0.1) is 0 Å². The molecule has 1 N–H and O–H groups in total. The Balaban J connectivity index is 3.01. The summed E-state index contributed by atoms with van der Waals surface area (Å²) in [6, 6.07) is 0. The Hall–Kier alpha value is -0.900. The fraction of sp³-hybridized carbons (Fsp3) is 0.333. The summed E-state index contributed by atoms with van der Waals surface area (Å²) in [7, 11) is 0. The Morgan fingerprint density at radius 1 is 1.90 bits per heavy atom. The molecule has 0 aliphatic rings. The number of hydrogen-bond acceptors (Lipinski definition) is 2. The number of hydrogen-bond donors (Lipinski definition) is 1. The average Bonchev–Trinajstić information content (AvgIpc) is 2.33. The van der Waals surface area contributed by atoms with Gasteiger partial charge < -0.3 is 5.11 Å². The van der Waals surface area contributed by atoms with Crippen LogP contribution in [-0.4, -0.2) is 11.1 Å².